The molecule has 0 saturated heterocycles. The minimum absolute atomic E-state index is 0.0497. The van der Waals surface area contributed by atoms with Gasteiger partial charge in [0.05, 0.1) is 17.3 Å². The van der Waals surface area contributed by atoms with Crippen molar-refractivity contribution in [2.24, 2.45) is 5.92 Å². The Bertz CT molecular complexity index is 676. The van der Waals surface area contributed by atoms with Crippen LogP contribution < -0.4 is 10.8 Å². The smallest absolute Gasteiger partial charge is 0.276 e. The van der Waals surface area contributed by atoms with Crippen molar-refractivity contribution in [1.29, 1.82) is 0 Å². The maximum absolute atomic E-state index is 14.1. The molecule has 2 aromatic rings. The third-order valence-corrected chi connectivity index (χ3v) is 3.60. The lowest BCUT2D eigenvalue weighted by Gasteiger charge is -2.18. The molecule has 0 spiro atoms. The molecule has 22 heavy (non-hydrogen) atoms. The lowest BCUT2D eigenvalue weighted by molar-refractivity contribution is 0.0705. The first-order valence-corrected chi connectivity index (χ1v) is 6.96. The van der Waals surface area contributed by atoms with Crippen LogP contribution in [0.2, 0.25) is 0 Å². The molecule has 0 unspecified atom stereocenters. The summed E-state index contributed by atoms with van der Waals surface area (Å²) < 4.78 is 14.1. The van der Waals surface area contributed by atoms with E-state index < -0.39 is 11.7 Å². The number of aromatic nitrogens is 2. The Hall–Kier alpha value is -2.54. The zero-order chi connectivity index (χ0) is 15.5. The van der Waals surface area contributed by atoms with Gasteiger partial charge in [-0.3, -0.25) is 15.0 Å². The van der Waals surface area contributed by atoms with E-state index >= 15 is 0 Å². The molecule has 0 aromatic carbocycles. The third-order valence-electron chi connectivity index (χ3n) is 3.60. The van der Waals surface area contributed by atoms with Crippen LogP contribution in [-0.4, -0.2) is 21.1 Å². The van der Waals surface area contributed by atoms with Gasteiger partial charge >= 0.3 is 0 Å². The van der Waals surface area contributed by atoms with Crippen molar-refractivity contribution in [2.75, 3.05) is 5.32 Å². The van der Waals surface area contributed by atoms with Crippen LogP contribution in [0.3, 0.4) is 0 Å². The molecule has 6 nitrogen and oxygen atoms in total. The minimum Gasteiger partial charge on any atom is -0.359 e. The van der Waals surface area contributed by atoms with E-state index in [4.69, 9.17) is 5.21 Å². The topological polar surface area (TPSA) is 87.1 Å². The van der Waals surface area contributed by atoms with Gasteiger partial charge in [0, 0.05) is 12.4 Å². The molecule has 1 aliphatic rings. The van der Waals surface area contributed by atoms with Gasteiger partial charge in [-0.05, 0) is 37.0 Å². The van der Waals surface area contributed by atoms with Gasteiger partial charge in [-0.25, -0.2) is 14.9 Å². The van der Waals surface area contributed by atoms with Gasteiger partial charge in [0.2, 0.25) is 0 Å². The van der Waals surface area contributed by atoms with Gasteiger partial charge in [0.1, 0.15) is 0 Å². The number of hydroxylamine groups is 1. The van der Waals surface area contributed by atoms with E-state index in [9.17, 15) is 9.18 Å². The summed E-state index contributed by atoms with van der Waals surface area (Å²) in [6.07, 6.45) is 5.02. The maximum Gasteiger partial charge on any atom is 0.276 e. The monoisotopic (exact) mass is 302 g/mol. The molecule has 114 valence electrons. The first-order valence-electron chi connectivity index (χ1n) is 6.96. The molecule has 0 aliphatic heterocycles. The van der Waals surface area contributed by atoms with Gasteiger partial charge in [-0.1, -0.05) is 6.07 Å². The summed E-state index contributed by atoms with van der Waals surface area (Å²) in [6.45, 7) is 0. The largest absolute Gasteiger partial charge is 0.359 e. The van der Waals surface area contributed by atoms with Crippen molar-refractivity contribution in [3.8, 4) is 0 Å². The molecule has 0 bridgehead atoms. The fourth-order valence-electron chi connectivity index (χ4n) is 2.30. The lowest BCUT2D eigenvalue weighted by Crippen LogP contribution is -2.20. The maximum atomic E-state index is 14.1. The van der Waals surface area contributed by atoms with E-state index in [0.717, 1.165) is 24.6 Å². The Kier molecular flexibility index (Phi) is 3.97. The van der Waals surface area contributed by atoms with Crippen LogP contribution in [0, 0.1) is 11.7 Å². The standard InChI is InChI=1S/C15H15FN4O2/c16-11-7-10(15(21)20-22)8-18-14(11)19-13(9-4-5-9)12-3-1-2-6-17-12/h1-3,6-9,13,22H,4-5H2,(H,18,19)(H,20,21)/t13-/m1/s1. The van der Waals surface area contributed by atoms with Crippen LogP contribution in [0.1, 0.15) is 34.9 Å². The number of rotatable bonds is 5. The summed E-state index contributed by atoms with van der Waals surface area (Å²) in [6, 6.07) is 6.53. The Balaban J connectivity index is 1.83. The van der Waals surface area contributed by atoms with Gasteiger partial charge in [0.15, 0.2) is 11.6 Å². The average Bonchev–Trinajstić information content (AvgIpc) is 3.38. The van der Waals surface area contributed by atoms with E-state index in [1.54, 1.807) is 6.20 Å². The van der Waals surface area contributed by atoms with Gasteiger partial charge in [0.25, 0.3) is 5.91 Å². The number of nitrogens with zero attached hydrogens (tertiary/aromatic N) is 2. The van der Waals surface area contributed by atoms with Crippen molar-refractivity contribution in [1.82, 2.24) is 15.4 Å². The van der Waals surface area contributed by atoms with E-state index in [1.807, 2.05) is 18.2 Å². The van der Waals surface area contributed by atoms with Crippen molar-refractivity contribution in [3.05, 3.63) is 53.7 Å². The molecule has 7 heteroatoms. The highest BCUT2D eigenvalue weighted by Gasteiger charge is 2.33. The molecule has 1 fully saturated rings. The quantitative estimate of drug-likeness (QED) is 0.583. The van der Waals surface area contributed by atoms with Crippen LogP contribution in [0.25, 0.3) is 0 Å². The number of carbonyl (C=O) groups is 1. The molecule has 1 amide bonds. The second-order valence-electron chi connectivity index (χ2n) is 5.21. The predicted octanol–water partition coefficient (Wildman–Crippen LogP) is 2.30. The third kappa shape index (κ3) is 3.04. The first-order chi connectivity index (χ1) is 10.7. The van der Waals surface area contributed by atoms with E-state index in [0.29, 0.717) is 5.92 Å². The molecule has 1 aliphatic carbocycles. The number of hydrogen-bond donors (Lipinski definition) is 3. The number of halogens is 1. The summed E-state index contributed by atoms with van der Waals surface area (Å²) >= 11 is 0. The van der Waals surface area contributed by atoms with Crippen LogP contribution in [0.15, 0.2) is 36.7 Å². The molecule has 1 saturated carbocycles. The fraction of sp³-hybridized carbons (Fsp3) is 0.267. The zero-order valence-corrected chi connectivity index (χ0v) is 11.7. The Labute approximate surface area is 126 Å². The molecule has 1 atom stereocenters. The SMILES string of the molecule is O=C(NO)c1cnc(N[C@@H](c2ccccn2)C2CC2)c(F)c1. The van der Waals surface area contributed by atoms with Crippen LogP contribution in [-0.2, 0) is 0 Å². The number of carbonyl (C=O) groups excluding carboxylic acids is 1. The van der Waals surface area contributed by atoms with Crippen LogP contribution in [0.4, 0.5) is 10.2 Å². The minimum atomic E-state index is -0.804. The Morgan fingerprint density at radius 1 is 1.36 bits per heavy atom. The summed E-state index contributed by atoms with van der Waals surface area (Å²) in [5.41, 5.74) is 2.23. The summed E-state index contributed by atoms with van der Waals surface area (Å²) in [5, 5.41) is 11.6. The molecular weight excluding hydrogens is 287 g/mol. The van der Waals surface area contributed by atoms with Crippen LogP contribution >= 0.6 is 0 Å². The number of nitrogens with one attached hydrogen (secondary N) is 2. The summed E-state index contributed by atoms with van der Waals surface area (Å²) in [4.78, 5) is 19.5. The van der Waals surface area contributed by atoms with Gasteiger partial charge in [-0.2, -0.15) is 0 Å². The number of anilines is 1. The first kappa shape index (κ1) is 14.4. The summed E-state index contributed by atoms with van der Waals surface area (Å²) in [5.74, 6) is -0.988. The predicted molar refractivity (Wildman–Crippen MR) is 76.8 cm³/mol. The molecule has 3 N–H and O–H groups in total. The van der Waals surface area contributed by atoms with E-state index in [1.165, 1.54) is 11.7 Å². The van der Waals surface area contributed by atoms with Gasteiger partial charge in [-0.15, -0.1) is 0 Å². The molecule has 3 rings (SSSR count). The lowest BCUT2D eigenvalue weighted by atomic mass is 10.1. The fourth-order valence-corrected chi connectivity index (χ4v) is 2.30. The Morgan fingerprint density at radius 3 is 2.77 bits per heavy atom. The zero-order valence-electron chi connectivity index (χ0n) is 11.7. The van der Waals surface area contributed by atoms with Crippen molar-refractivity contribution in [2.45, 2.75) is 18.9 Å². The molecule has 2 heterocycles. The average molecular weight is 302 g/mol. The van der Waals surface area contributed by atoms with Crippen molar-refractivity contribution < 1.29 is 14.4 Å². The second kappa shape index (κ2) is 6.07. The highest BCUT2D eigenvalue weighted by molar-refractivity contribution is 5.93. The number of pyridine rings is 2. The highest BCUT2D eigenvalue weighted by atomic mass is 19.1. The van der Waals surface area contributed by atoms with E-state index in [-0.39, 0.29) is 17.4 Å². The van der Waals surface area contributed by atoms with Crippen LogP contribution in [0.5, 0.6) is 0 Å². The normalized spacial score (nSPS) is 15.2. The van der Waals surface area contributed by atoms with Crippen molar-refractivity contribution >= 4 is 11.7 Å². The summed E-state index contributed by atoms with van der Waals surface area (Å²) in [7, 11) is 0. The Morgan fingerprint density at radius 2 is 2.18 bits per heavy atom. The van der Waals surface area contributed by atoms with Gasteiger partial charge < -0.3 is 5.32 Å². The molecule has 0 radical (unpaired) electrons. The van der Waals surface area contributed by atoms with E-state index in [2.05, 4.69) is 15.3 Å². The highest BCUT2D eigenvalue weighted by Crippen LogP contribution is 2.42. The second-order valence-corrected chi connectivity index (χ2v) is 5.21. The number of amides is 1. The molecule has 2 aromatic heterocycles. The molecular formula is C15H15FN4O2. The number of hydrogen-bond acceptors (Lipinski definition) is 5. The van der Waals surface area contributed by atoms with Crippen molar-refractivity contribution in [3.63, 3.8) is 0 Å².